The SMILES string of the molecule is CCOP(=O)(OCC)C(O[Si](C)(C)C)C(C)(C)CN(CC)CC. The van der Waals surface area contributed by atoms with Gasteiger partial charge in [-0.1, -0.05) is 27.7 Å². The van der Waals surface area contributed by atoms with E-state index in [-0.39, 0.29) is 5.41 Å². The Morgan fingerprint density at radius 2 is 1.43 bits per heavy atom. The van der Waals surface area contributed by atoms with Crippen molar-refractivity contribution in [2.45, 2.75) is 67.0 Å². The van der Waals surface area contributed by atoms with Crippen LogP contribution in [-0.4, -0.2) is 51.9 Å². The van der Waals surface area contributed by atoms with Crippen molar-refractivity contribution in [2.24, 2.45) is 5.41 Å². The van der Waals surface area contributed by atoms with Crippen LogP contribution in [0, 0.1) is 5.41 Å². The van der Waals surface area contributed by atoms with E-state index >= 15 is 0 Å². The van der Waals surface area contributed by atoms with Crippen LogP contribution in [-0.2, 0) is 18.0 Å². The van der Waals surface area contributed by atoms with E-state index in [2.05, 4.69) is 52.2 Å². The Hall–Kier alpha value is 0.287. The molecule has 0 saturated carbocycles. The van der Waals surface area contributed by atoms with Gasteiger partial charge in [0.25, 0.3) is 0 Å². The maximum Gasteiger partial charge on any atom is 0.358 e. The van der Waals surface area contributed by atoms with Crippen LogP contribution in [0.15, 0.2) is 0 Å². The fraction of sp³-hybridized carbons (Fsp3) is 1.00. The quantitative estimate of drug-likeness (QED) is 0.366. The van der Waals surface area contributed by atoms with Gasteiger partial charge in [-0.15, -0.1) is 0 Å². The van der Waals surface area contributed by atoms with Gasteiger partial charge in [0, 0.05) is 12.0 Å². The molecule has 0 aromatic heterocycles. The zero-order valence-corrected chi connectivity index (χ0v) is 18.5. The van der Waals surface area contributed by atoms with Crippen molar-refractivity contribution in [1.82, 2.24) is 4.90 Å². The van der Waals surface area contributed by atoms with Crippen molar-refractivity contribution in [3.05, 3.63) is 0 Å². The van der Waals surface area contributed by atoms with E-state index in [0.29, 0.717) is 13.2 Å². The van der Waals surface area contributed by atoms with Gasteiger partial charge in [0.05, 0.1) is 13.2 Å². The largest absolute Gasteiger partial charge is 0.403 e. The van der Waals surface area contributed by atoms with Crippen molar-refractivity contribution >= 4 is 15.9 Å². The molecular weight excluding hydrogens is 329 g/mol. The van der Waals surface area contributed by atoms with Gasteiger partial charge in [-0.25, -0.2) is 0 Å². The molecule has 0 rings (SSSR count). The number of nitrogens with zero attached hydrogens (tertiary/aromatic N) is 1. The van der Waals surface area contributed by atoms with Crippen LogP contribution in [0.25, 0.3) is 0 Å². The molecule has 0 aliphatic rings. The smallest absolute Gasteiger partial charge is 0.358 e. The van der Waals surface area contributed by atoms with E-state index in [0.717, 1.165) is 19.6 Å². The zero-order chi connectivity index (χ0) is 18.3. The predicted molar refractivity (Wildman–Crippen MR) is 101 cm³/mol. The molecule has 7 heteroatoms. The Labute approximate surface area is 144 Å². The Bertz CT molecular complexity index is 371. The Morgan fingerprint density at radius 1 is 1.00 bits per heavy atom. The van der Waals surface area contributed by atoms with Crippen LogP contribution >= 0.6 is 7.60 Å². The standard InChI is InChI=1S/C16H38NO4PSi/c1-10-17(11-2)14-16(5,6)15(21-23(7,8)9)22(18,19-12-3)20-13-4/h15H,10-14H2,1-9H3. The Kier molecular flexibility index (Phi) is 9.81. The summed E-state index contributed by atoms with van der Waals surface area (Å²) in [4.78, 5) is 2.32. The predicted octanol–water partition coefficient (Wildman–Crippen LogP) is 4.80. The second-order valence-corrected chi connectivity index (χ2v) is 13.9. The third-order valence-electron chi connectivity index (χ3n) is 3.56. The lowest BCUT2D eigenvalue weighted by Gasteiger charge is -2.43. The van der Waals surface area contributed by atoms with E-state index in [1.165, 1.54) is 0 Å². The number of hydrogen-bond donors (Lipinski definition) is 0. The van der Waals surface area contributed by atoms with Gasteiger partial charge in [-0.05, 0) is 46.6 Å². The fourth-order valence-corrected chi connectivity index (χ4v) is 7.08. The van der Waals surface area contributed by atoms with Gasteiger partial charge in [0.1, 0.15) is 0 Å². The van der Waals surface area contributed by atoms with E-state index in [1.54, 1.807) is 0 Å². The molecule has 0 aliphatic carbocycles. The minimum atomic E-state index is -3.34. The van der Waals surface area contributed by atoms with Crippen molar-refractivity contribution < 1.29 is 18.0 Å². The highest BCUT2D eigenvalue weighted by Crippen LogP contribution is 2.59. The molecule has 0 aromatic rings. The highest BCUT2D eigenvalue weighted by atomic mass is 31.2. The summed E-state index contributed by atoms with van der Waals surface area (Å²) in [5, 5.41) is 0. The van der Waals surface area contributed by atoms with Crippen LogP contribution in [0.1, 0.15) is 41.5 Å². The molecule has 0 bridgehead atoms. The summed E-state index contributed by atoms with van der Waals surface area (Å²) in [6.45, 7) is 21.9. The summed E-state index contributed by atoms with van der Waals surface area (Å²) < 4.78 is 31.0. The van der Waals surface area contributed by atoms with Crippen molar-refractivity contribution in [2.75, 3.05) is 32.8 Å². The third kappa shape index (κ3) is 7.80. The van der Waals surface area contributed by atoms with Crippen molar-refractivity contribution in [3.63, 3.8) is 0 Å². The molecule has 0 saturated heterocycles. The molecule has 5 nitrogen and oxygen atoms in total. The lowest BCUT2D eigenvalue weighted by atomic mass is 9.93. The number of hydrogen-bond acceptors (Lipinski definition) is 5. The first-order chi connectivity index (χ1) is 10.5. The second-order valence-electron chi connectivity index (χ2n) is 7.41. The summed E-state index contributed by atoms with van der Waals surface area (Å²) in [7, 11) is -5.26. The summed E-state index contributed by atoms with van der Waals surface area (Å²) in [6, 6.07) is 0. The average molecular weight is 368 g/mol. The lowest BCUT2D eigenvalue weighted by molar-refractivity contribution is 0.0567. The van der Waals surface area contributed by atoms with E-state index in [9.17, 15) is 4.57 Å². The second kappa shape index (κ2) is 9.69. The maximum absolute atomic E-state index is 13.4. The average Bonchev–Trinajstić information content (AvgIpc) is 2.41. The minimum absolute atomic E-state index is 0.341. The van der Waals surface area contributed by atoms with Crippen molar-refractivity contribution in [3.8, 4) is 0 Å². The highest BCUT2D eigenvalue weighted by Gasteiger charge is 2.49. The molecule has 23 heavy (non-hydrogen) atoms. The molecule has 0 N–H and O–H groups in total. The van der Waals surface area contributed by atoms with Crippen LogP contribution in [0.3, 0.4) is 0 Å². The van der Waals surface area contributed by atoms with Gasteiger partial charge in [-0.3, -0.25) is 4.57 Å². The molecule has 0 fully saturated rings. The highest BCUT2D eigenvalue weighted by molar-refractivity contribution is 7.54. The first-order valence-electron chi connectivity index (χ1n) is 8.74. The molecule has 1 atom stereocenters. The molecule has 0 heterocycles. The van der Waals surface area contributed by atoms with Gasteiger partial charge in [-0.2, -0.15) is 0 Å². The van der Waals surface area contributed by atoms with Gasteiger partial charge >= 0.3 is 7.60 Å². The van der Waals surface area contributed by atoms with E-state index in [1.807, 2.05) is 13.8 Å². The molecule has 0 radical (unpaired) electrons. The van der Waals surface area contributed by atoms with E-state index in [4.69, 9.17) is 13.5 Å². The third-order valence-corrected chi connectivity index (χ3v) is 7.32. The molecule has 0 aliphatic heterocycles. The summed E-state index contributed by atoms with van der Waals surface area (Å²) in [5.74, 6) is -0.554. The topological polar surface area (TPSA) is 48.0 Å². The zero-order valence-electron chi connectivity index (χ0n) is 16.6. The first kappa shape index (κ1) is 23.3. The summed E-state index contributed by atoms with van der Waals surface area (Å²) in [6.07, 6.45) is 0. The molecule has 0 spiro atoms. The van der Waals surface area contributed by atoms with Gasteiger partial charge in [0.2, 0.25) is 0 Å². The van der Waals surface area contributed by atoms with Crippen LogP contribution < -0.4 is 0 Å². The fourth-order valence-electron chi connectivity index (χ4n) is 2.62. The molecule has 0 amide bonds. The minimum Gasteiger partial charge on any atom is -0.403 e. The molecular formula is C16H38NO4PSi. The maximum atomic E-state index is 13.4. The molecule has 0 aromatic carbocycles. The van der Waals surface area contributed by atoms with Crippen LogP contribution in [0.4, 0.5) is 0 Å². The lowest BCUT2D eigenvalue weighted by Crippen LogP contribution is -2.47. The molecule has 140 valence electrons. The summed E-state index contributed by atoms with van der Waals surface area (Å²) >= 11 is 0. The Balaban J connectivity index is 5.69. The van der Waals surface area contributed by atoms with Crippen LogP contribution in [0.5, 0.6) is 0 Å². The first-order valence-corrected chi connectivity index (χ1v) is 13.8. The Morgan fingerprint density at radius 3 is 1.74 bits per heavy atom. The van der Waals surface area contributed by atoms with Crippen molar-refractivity contribution in [1.29, 1.82) is 0 Å². The normalized spacial score (nSPS) is 15.2. The molecule has 1 unspecified atom stereocenters. The number of rotatable bonds is 12. The van der Waals surface area contributed by atoms with Gasteiger partial charge in [0.15, 0.2) is 14.2 Å². The van der Waals surface area contributed by atoms with Crippen LogP contribution in [0.2, 0.25) is 19.6 Å². The van der Waals surface area contributed by atoms with Gasteiger partial charge < -0.3 is 18.4 Å². The van der Waals surface area contributed by atoms with E-state index < -0.39 is 21.8 Å². The summed E-state index contributed by atoms with van der Waals surface area (Å²) in [5.41, 5.74) is -0.341. The monoisotopic (exact) mass is 367 g/mol.